The largest absolute Gasteiger partial charge is 0.495 e. The van der Waals surface area contributed by atoms with Gasteiger partial charge in [-0.05, 0) is 25.1 Å². The van der Waals surface area contributed by atoms with Gasteiger partial charge in [-0.25, -0.2) is 0 Å². The molecule has 7 nitrogen and oxygen atoms in total. The number of nitrogens with one attached hydrogen (secondary N) is 2. The smallest absolute Gasteiger partial charge is 0.281 e. The van der Waals surface area contributed by atoms with E-state index in [1.165, 1.54) is 13.2 Å². The quantitative estimate of drug-likeness (QED) is 0.772. The molecule has 21 heavy (non-hydrogen) atoms. The van der Waals surface area contributed by atoms with Gasteiger partial charge in [-0.3, -0.25) is 9.82 Å². The molecular weight excluding hydrogens is 316 g/mol. The molecule has 0 unspecified atom stereocenters. The van der Waals surface area contributed by atoms with Crippen molar-refractivity contribution < 1.29 is 13.2 Å². The van der Waals surface area contributed by atoms with Crippen molar-refractivity contribution in [2.75, 3.05) is 11.8 Å². The number of methoxy groups -OCH3 is 1. The molecule has 1 aromatic heterocycles. The molecule has 0 saturated heterocycles. The van der Waals surface area contributed by atoms with Crippen LogP contribution < -0.4 is 15.2 Å². The standard InChI is InChI=1S/C12H15ClN4O3S/c1-7-9(6-14)12(16-15-7)21(18,19)17-8-3-4-11(20-2)10(13)5-8/h3-5,17H,6,14H2,1-2H3,(H,15,16). The number of benzene rings is 1. The van der Waals surface area contributed by atoms with E-state index in [4.69, 9.17) is 22.1 Å². The highest BCUT2D eigenvalue weighted by molar-refractivity contribution is 7.92. The van der Waals surface area contributed by atoms with Crippen LogP contribution in [0.1, 0.15) is 11.3 Å². The lowest BCUT2D eigenvalue weighted by Crippen LogP contribution is -2.16. The molecule has 1 aromatic carbocycles. The van der Waals surface area contributed by atoms with Crippen molar-refractivity contribution in [1.29, 1.82) is 0 Å². The Bertz CT molecular complexity index is 758. The Kier molecular flexibility index (Phi) is 4.40. The molecule has 0 aliphatic rings. The van der Waals surface area contributed by atoms with Crippen LogP contribution >= 0.6 is 11.6 Å². The number of nitrogens with zero attached hydrogens (tertiary/aromatic N) is 1. The highest BCUT2D eigenvalue weighted by Crippen LogP contribution is 2.28. The molecule has 0 saturated carbocycles. The summed E-state index contributed by atoms with van der Waals surface area (Å²) in [6.45, 7) is 1.78. The van der Waals surface area contributed by atoms with E-state index in [9.17, 15) is 8.42 Å². The van der Waals surface area contributed by atoms with Gasteiger partial charge in [0.2, 0.25) is 5.03 Å². The minimum atomic E-state index is -3.84. The van der Waals surface area contributed by atoms with Crippen LogP contribution in [0.2, 0.25) is 5.02 Å². The fraction of sp³-hybridized carbons (Fsp3) is 0.250. The third-order valence-corrected chi connectivity index (χ3v) is 4.55. The number of ether oxygens (including phenoxy) is 1. The van der Waals surface area contributed by atoms with Crippen LogP contribution in [0.25, 0.3) is 0 Å². The first kappa shape index (κ1) is 15.6. The van der Waals surface area contributed by atoms with Gasteiger partial charge < -0.3 is 10.5 Å². The average molecular weight is 331 g/mol. The maximum atomic E-state index is 12.3. The van der Waals surface area contributed by atoms with Gasteiger partial charge in [0.25, 0.3) is 10.0 Å². The zero-order valence-corrected chi connectivity index (χ0v) is 13.0. The predicted molar refractivity (Wildman–Crippen MR) is 80.0 cm³/mol. The van der Waals surface area contributed by atoms with Crippen LogP contribution in [0.5, 0.6) is 5.75 Å². The molecule has 0 fully saturated rings. The Labute approximate surface area is 127 Å². The molecule has 0 aliphatic heterocycles. The molecule has 2 rings (SSSR count). The summed E-state index contributed by atoms with van der Waals surface area (Å²) in [4.78, 5) is 0. The number of hydrogen-bond acceptors (Lipinski definition) is 5. The zero-order valence-electron chi connectivity index (χ0n) is 11.5. The van der Waals surface area contributed by atoms with E-state index in [-0.39, 0.29) is 11.6 Å². The van der Waals surface area contributed by atoms with E-state index < -0.39 is 10.0 Å². The molecule has 9 heteroatoms. The topological polar surface area (TPSA) is 110 Å². The summed E-state index contributed by atoms with van der Waals surface area (Å²) in [5, 5.41) is 6.60. The Balaban J connectivity index is 2.35. The zero-order chi connectivity index (χ0) is 15.6. The fourth-order valence-electron chi connectivity index (χ4n) is 1.83. The molecule has 0 amide bonds. The first-order valence-corrected chi connectivity index (χ1v) is 7.85. The van der Waals surface area contributed by atoms with E-state index in [0.29, 0.717) is 27.7 Å². The number of nitrogens with two attached hydrogens (primary N) is 1. The van der Waals surface area contributed by atoms with Crippen LogP contribution in [0.3, 0.4) is 0 Å². The summed E-state index contributed by atoms with van der Waals surface area (Å²) in [5.41, 5.74) is 6.93. The lowest BCUT2D eigenvalue weighted by Gasteiger charge is -2.09. The van der Waals surface area contributed by atoms with Gasteiger partial charge in [0, 0.05) is 17.8 Å². The van der Waals surface area contributed by atoms with E-state index in [2.05, 4.69) is 14.9 Å². The van der Waals surface area contributed by atoms with Crippen LogP contribution in [0.4, 0.5) is 5.69 Å². The first-order chi connectivity index (χ1) is 9.89. The molecule has 0 aliphatic carbocycles. The maximum absolute atomic E-state index is 12.3. The predicted octanol–water partition coefficient (Wildman–Crippen LogP) is 1.64. The second-order valence-electron chi connectivity index (χ2n) is 4.29. The summed E-state index contributed by atoms with van der Waals surface area (Å²) in [5.74, 6) is 0.456. The second-order valence-corrected chi connectivity index (χ2v) is 6.30. The molecule has 1 heterocycles. The van der Waals surface area contributed by atoms with Crippen molar-refractivity contribution in [3.05, 3.63) is 34.5 Å². The highest BCUT2D eigenvalue weighted by atomic mass is 35.5. The molecule has 4 N–H and O–H groups in total. The van der Waals surface area contributed by atoms with Crippen molar-refractivity contribution in [2.45, 2.75) is 18.5 Å². The van der Waals surface area contributed by atoms with Gasteiger partial charge in [-0.1, -0.05) is 11.6 Å². The summed E-state index contributed by atoms with van der Waals surface area (Å²) < 4.78 is 32.1. The van der Waals surface area contributed by atoms with Crippen molar-refractivity contribution in [2.24, 2.45) is 5.73 Å². The molecule has 0 atom stereocenters. The third kappa shape index (κ3) is 3.12. The monoisotopic (exact) mass is 330 g/mol. The molecular formula is C12H15ClN4O3S. The molecule has 0 radical (unpaired) electrons. The Morgan fingerprint density at radius 1 is 1.48 bits per heavy atom. The van der Waals surface area contributed by atoms with Gasteiger partial charge in [-0.2, -0.15) is 13.5 Å². The van der Waals surface area contributed by atoms with Crippen LogP contribution in [-0.2, 0) is 16.6 Å². The van der Waals surface area contributed by atoms with Crippen LogP contribution in [-0.4, -0.2) is 25.7 Å². The van der Waals surface area contributed by atoms with Gasteiger partial charge in [0.1, 0.15) is 5.75 Å². The molecule has 0 spiro atoms. The summed E-state index contributed by atoms with van der Waals surface area (Å²) in [6.07, 6.45) is 0. The van der Waals surface area contributed by atoms with Gasteiger partial charge in [0.05, 0.1) is 17.8 Å². The van der Waals surface area contributed by atoms with Crippen LogP contribution in [0, 0.1) is 6.92 Å². The van der Waals surface area contributed by atoms with Gasteiger partial charge in [0.15, 0.2) is 0 Å². The fourth-order valence-corrected chi connectivity index (χ4v) is 3.34. The SMILES string of the molecule is COc1ccc(NS(=O)(=O)c2n[nH]c(C)c2CN)cc1Cl. The number of halogens is 1. The molecule has 2 aromatic rings. The van der Waals surface area contributed by atoms with Crippen molar-refractivity contribution in [3.8, 4) is 5.75 Å². The lowest BCUT2D eigenvalue weighted by atomic mass is 10.3. The number of rotatable bonds is 5. The molecule has 0 bridgehead atoms. The number of aryl methyl sites for hydroxylation is 1. The lowest BCUT2D eigenvalue weighted by molar-refractivity contribution is 0.415. The normalized spacial score (nSPS) is 11.4. The maximum Gasteiger partial charge on any atom is 0.281 e. The van der Waals surface area contributed by atoms with Gasteiger partial charge >= 0.3 is 0 Å². The Morgan fingerprint density at radius 3 is 2.76 bits per heavy atom. The summed E-state index contributed by atoms with van der Waals surface area (Å²) >= 11 is 5.97. The number of hydrogen-bond donors (Lipinski definition) is 3. The van der Waals surface area contributed by atoms with E-state index in [0.717, 1.165) is 0 Å². The summed E-state index contributed by atoms with van der Waals surface area (Å²) in [6, 6.07) is 4.57. The van der Waals surface area contributed by atoms with Crippen molar-refractivity contribution in [1.82, 2.24) is 10.2 Å². The minimum absolute atomic E-state index is 0.0714. The van der Waals surface area contributed by atoms with E-state index >= 15 is 0 Å². The number of aromatic nitrogens is 2. The van der Waals surface area contributed by atoms with Gasteiger partial charge in [-0.15, -0.1) is 0 Å². The summed E-state index contributed by atoms with van der Waals surface area (Å²) in [7, 11) is -2.37. The van der Waals surface area contributed by atoms with E-state index in [1.54, 1.807) is 19.1 Å². The van der Waals surface area contributed by atoms with E-state index in [1.807, 2.05) is 0 Å². The minimum Gasteiger partial charge on any atom is -0.495 e. The second kappa shape index (κ2) is 5.92. The number of aromatic amines is 1. The molecule has 114 valence electrons. The average Bonchev–Trinajstić information content (AvgIpc) is 2.80. The number of anilines is 1. The third-order valence-electron chi connectivity index (χ3n) is 2.90. The van der Waals surface area contributed by atoms with Crippen LogP contribution in [0.15, 0.2) is 23.2 Å². The van der Waals surface area contributed by atoms with Crippen molar-refractivity contribution >= 4 is 27.3 Å². The number of H-pyrrole nitrogens is 1. The highest BCUT2D eigenvalue weighted by Gasteiger charge is 2.23. The first-order valence-electron chi connectivity index (χ1n) is 5.99. The Morgan fingerprint density at radius 2 is 2.19 bits per heavy atom. The number of sulfonamides is 1. The van der Waals surface area contributed by atoms with Crippen molar-refractivity contribution in [3.63, 3.8) is 0 Å². The Hall–Kier alpha value is -1.77.